The molecule has 0 heterocycles. The lowest BCUT2D eigenvalue weighted by atomic mass is 9.85. The summed E-state index contributed by atoms with van der Waals surface area (Å²) in [6.07, 6.45) is 9.16. The Balaban J connectivity index is 1.96. The maximum atomic E-state index is 2.28. The van der Waals surface area contributed by atoms with Crippen molar-refractivity contribution in [1.82, 2.24) is 0 Å². The van der Waals surface area contributed by atoms with Gasteiger partial charge in [0, 0.05) is 0 Å². The summed E-state index contributed by atoms with van der Waals surface area (Å²) >= 11 is 0. The summed E-state index contributed by atoms with van der Waals surface area (Å²) in [6.45, 7) is 4.44. The fraction of sp³-hybridized carbons (Fsp3) is 0.529. The van der Waals surface area contributed by atoms with E-state index in [0.717, 1.165) is 11.8 Å². The first-order valence-electron chi connectivity index (χ1n) is 6.95. The number of rotatable bonds is 4. The third-order valence-electron chi connectivity index (χ3n) is 4.23. The zero-order valence-corrected chi connectivity index (χ0v) is 11.2. The van der Waals surface area contributed by atoms with Crippen molar-refractivity contribution in [2.45, 2.75) is 46.0 Å². The highest BCUT2D eigenvalue weighted by molar-refractivity contribution is 5.16. The Labute approximate surface area is 106 Å². The molecule has 2 unspecified atom stereocenters. The van der Waals surface area contributed by atoms with Gasteiger partial charge in [0.15, 0.2) is 0 Å². The zero-order chi connectivity index (χ0) is 12.1. The molecule has 0 amide bonds. The van der Waals surface area contributed by atoms with Gasteiger partial charge in [0.25, 0.3) is 0 Å². The molecule has 92 valence electrons. The van der Waals surface area contributed by atoms with Gasteiger partial charge in [0.05, 0.1) is 0 Å². The summed E-state index contributed by atoms with van der Waals surface area (Å²) in [5.74, 6) is 1.83. The van der Waals surface area contributed by atoms with Gasteiger partial charge in [-0.2, -0.15) is 0 Å². The number of allylic oxidation sites excluding steroid dienone is 2. The molecule has 17 heavy (non-hydrogen) atoms. The van der Waals surface area contributed by atoms with Gasteiger partial charge in [0.1, 0.15) is 0 Å². The van der Waals surface area contributed by atoms with E-state index in [0.29, 0.717) is 0 Å². The molecular formula is C17H24. The van der Waals surface area contributed by atoms with Gasteiger partial charge in [-0.3, -0.25) is 0 Å². The smallest absolute Gasteiger partial charge is 0.0248 e. The number of hydrogen-bond acceptors (Lipinski definition) is 0. The molecule has 2 atom stereocenters. The van der Waals surface area contributed by atoms with E-state index in [9.17, 15) is 0 Å². The normalized spacial score (nSPS) is 25.2. The summed E-state index contributed by atoms with van der Waals surface area (Å²) in [6, 6.07) is 11.0. The Morgan fingerprint density at radius 3 is 2.59 bits per heavy atom. The maximum Gasteiger partial charge on any atom is -0.0248 e. The Morgan fingerprint density at radius 1 is 1.18 bits per heavy atom. The first-order valence-corrected chi connectivity index (χ1v) is 6.95. The Kier molecular flexibility index (Phi) is 4.42. The van der Waals surface area contributed by atoms with Crippen LogP contribution < -0.4 is 0 Å². The monoisotopic (exact) mass is 228 g/mol. The van der Waals surface area contributed by atoms with Crippen LogP contribution in [0.1, 0.15) is 45.1 Å². The zero-order valence-electron chi connectivity index (χ0n) is 11.2. The fourth-order valence-electron chi connectivity index (χ4n) is 3.10. The highest BCUT2D eigenvalue weighted by Crippen LogP contribution is 2.37. The summed E-state index contributed by atoms with van der Waals surface area (Å²) in [5, 5.41) is 0. The summed E-state index contributed by atoms with van der Waals surface area (Å²) in [5.41, 5.74) is 3.08. The van der Waals surface area contributed by atoms with Crippen LogP contribution in [0.15, 0.2) is 42.0 Å². The van der Waals surface area contributed by atoms with Crippen molar-refractivity contribution >= 4 is 0 Å². The molecule has 0 aliphatic heterocycles. The van der Waals surface area contributed by atoms with Crippen LogP contribution in [0.2, 0.25) is 0 Å². The molecule has 0 radical (unpaired) electrons. The summed E-state index contributed by atoms with van der Waals surface area (Å²) in [4.78, 5) is 0. The van der Waals surface area contributed by atoms with Crippen molar-refractivity contribution in [2.75, 3.05) is 0 Å². The van der Waals surface area contributed by atoms with E-state index >= 15 is 0 Å². The van der Waals surface area contributed by atoms with Gasteiger partial charge >= 0.3 is 0 Å². The van der Waals surface area contributed by atoms with Crippen LogP contribution in [0.5, 0.6) is 0 Å². The standard InChI is InChI=1S/C17H24/c1-3-14(2)12-16-10-7-11-17(16)13-15-8-5-4-6-9-15/h3-6,8-9,16-17H,7,10-13H2,1-2H3/b14-3+. The molecule has 0 nitrogen and oxygen atoms in total. The topological polar surface area (TPSA) is 0 Å². The predicted octanol–water partition coefficient (Wildman–Crippen LogP) is 5.00. The predicted molar refractivity (Wildman–Crippen MR) is 75.0 cm³/mol. The third kappa shape index (κ3) is 3.46. The van der Waals surface area contributed by atoms with Crippen molar-refractivity contribution < 1.29 is 0 Å². The minimum atomic E-state index is 0.910. The Hall–Kier alpha value is -1.04. The fourth-order valence-corrected chi connectivity index (χ4v) is 3.10. The van der Waals surface area contributed by atoms with E-state index in [1.165, 1.54) is 37.7 Å². The molecule has 1 aromatic carbocycles. The maximum absolute atomic E-state index is 2.28. The Bertz CT molecular complexity index is 361. The van der Waals surface area contributed by atoms with E-state index in [1.54, 1.807) is 5.57 Å². The van der Waals surface area contributed by atoms with Gasteiger partial charge in [-0.15, -0.1) is 0 Å². The minimum Gasteiger partial charge on any atom is -0.0887 e. The van der Waals surface area contributed by atoms with Crippen LogP contribution in [-0.2, 0) is 6.42 Å². The van der Waals surface area contributed by atoms with E-state index in [2.05, 4.69) is 50.3 Å². The molecule has 1 saturated carbocycles. The van der Waals surface area contributed by atoms with Crippen LogP contribution in [0.3, 0.4) is 0 Å². The molecule has 1 aliphatic carbocycles. The van der Waals surface area contributed by atoms with Crippen LogP contribution >= 0.6 is 0 Å². The molecule has 0 heteroatoms. The molecule has 0 N–H and O–H groups in total. The number of hydrogen-bond donors (Lipinski definition) is 0. The van der Waals surface area contributed by atoms with Gasteiger partial charge in [0.2, 0.25) is 0 Å². The van der Waals surface area contributed by atoms with Crippen LogP contribution in [0, 0.1) is 11.8 Å². The van der Waals surface area contributed by atoms with Gasteiger partial charge in [-0.05, 0) is 56.9 Å². The van der Waals surface area contributed by atoms with Crippen molar-refractivity contribution in [3.05, 3.63) is 47.5 Å². The first-order chi connectivity index (χ1) is 8.29. The van der Waals surface area contributed by atoms with Crippen molar-refractivity contribution in [2.24, 2.45) is 11.8 Å². The molecule has 1 fully saturated rings. The molecule has 1 aromatic rings. The van der Waals surface area contributed by atoms with E-state index in [1.807, 2.05) is 0 Å². The second-order valence-corrected chi connectivity index (χ2v) is 5.48. The highest BCUT2D eigenvalue weighted by Gasteiger charge is 2.26. The van der Waals surface area contributed by atoms with Crippen molar-refractivity contribution in [1.29, 1.82) is 0 Å². The van der Waals surface area contributed by atoms with Gasteiger partial charge in [-0.25, -0.2) is 0 Å². The second kappa shape index (κ2) is 6.05. The Morgan fingerprint density at radius 2 is 1.88 bits per heavy atom. The third-order valence-corrected chi connectivity index (χ3v) is 4.23. The van der Waals surface area contributed by atoms with E-state index in [4.69, 9.17) is 0 Å². The average Bonchev–Trinajstić information content (AvgIpc) is 2.78. The quantitative estimate of drug-likeness (QED) is 0.636. The van der Waals surface area contributed by atoms with Crippen LogP contribution in [-0.4, -0.2) is 0 Å². The molecule has 0 bridgehead atoms. The lowest BCUT2D eigenvalue weighted by molar-refractivity contribution is 0.382. The van der Waals surface area contributed by atoms with E-state index < -0.39 is 0 Å². The molecule has 2 rings (SSSR count). The first kappa shape index (κ1) is 12.4. The minimum absolute atomic E-state index is 0.910. The molecule has 0 saturated heterocycles. The molecule has 0 aromatic heterocycles. The lowest BCUT2D eigenvalue weighted by Gasteiger charge is -2.20. The average molecular weight is 228 g/mol. The largest absolute Gasteiger partial charge is 0.0887 e. The second-order valence-electron chi connectivity index (χ2n) is 5.48. The van der Waals surface area contributed by atoms with Crippen molar-refractivity contribution in [3.8, 4) is 0 Å². The lowest BCUT2D eigenvalue weighted by Crippen LogP contribution is -2.11. The molecule has 1 aliphatic rings. The number of benzene rings is 1. The summed E-state index contributed by atoms with van der Waals surface area (Å²) < 4.78 is 0. The van der Waals surface area contributed by atoms with Crippen LogP contribution in [0.4, 0.5) is 0 Å². The van der Waals surface area contributed by atoms with E-state index in [-0.39, 0.29) is 0 Å². The molecular weight excluding hydrogens is 204 g/mol. The van der Waals surface area contributed by atoms with Crippen LogP contribution in [0.25, 0.3) is 0 Å². The highest BCUT2D eigenvalue weighted by atomic mass is 14.3. The summed E-state index contributed by atoms with van der Waals surface area (Å²) in [7, 11) is 0. The molecule has 0 spiro atoms. The van der Waals surface area contributed by atoms with Crippen molar-refractivity contribution in [3.63, 3.8) is 0 Å². The SMILES string of the molecule is C/C=C(\C)CC1CCCC1Cc1ccccc1. The van der Waals surface area contributed by atoms with Gasteiger partial charge in [-0.1, -0.05) is 48.4 Å². The van der Waals surface area contributed by atoms with Gasteiger partial charge < -0.3 is 0 Å².